The van der Waals surface area contributed by atoms with Crippen molar-refractivity contribution >= 4 is 0 Å². The van der Waals surface area contributed by atoms with Crippen molar-refractivity contribution in [1.82, 2.24) is 4.90 Å². The predicted octanol–water partition coefficient (Wildman–Crippen LogP) is 0.836. The van der Waals surface area contributed by atoms with Crippen LogP contribution in [0.4, 0.5) is 0 Å². The molecule has 5 heteroatoms. The van der Waals surface area contributed by atoms with Gasteiger partial charge in [-0.05, 0) is 17.5 Å². The smallest absolute Gasteiger partial charge is 0.122 e. The quantitative estimate of drug-likeness (QED) is 0.597. The van der Waals surface area contributed by atoms with Gasteiger partial charge < -0.3 is 20.1 Å². The van der Waals surface area contributed by atoms with Crippen LogP contribution in [0.25, 0.3) is 0 Å². The van der Waals surface area contributed by atoms with Crippen LogP contribution in [0.15, 0.2) is 24.3 Å². The Morgan fingerprint density at radius 3 is 2.29 bits per heavy atom. The molecular weight excluding hydrogens is 270 g/mol. The Labute approximate surface area is 126 Å². The third-order valence-electron chi connectivity index (χ3n) is 3.27. The SMILES string of the molecule is CC(C)c1ccccc1OC[C@H](O)CN(CCO)CCO. The van der Waals surface area contributed by atoms with Crippen LogP contribution in [-0.4, -0.2) is 65.8 Å². The van der Waals surface area contributed by atoms with Crippen LogP contribution < -0.4 is 4.74 Å². The molecule has 0 amide bonds. The maximum absolute atomic E-state index is 10.0. The second kappa shape index (κ2) is 9.73. The summed E-state index contributed by atoms with van der Waals surface area (Å²) in [6, 6.07) is 7.82. The summed E-state index contributed by atoms with van der Waals surface area (Å²) < 4.78 is 5.72. The van der Waals surface area contributed by atoms with Crippen molar-refractivity contribution in [2.24, 2.45) is 0 Å². The van der Waals surface area contributed by atoms with Gasteiger partial charge in [0.2, 0.25) is 0 Å². The summed E-state index contributed by atoms with van der Waals surface area (Å²) >= 11 is 0. The molecule has 0 saturated carbocycles. The Morgan fingerprint density at radius 1 is 1.10 bits per heavy atom. The zero-order valence-electron chi connectivity index (χ0n) is 12.9. The molecule has 0 aliphatic heterocycles. The first-order chi connectivity index (χ1) is 10.1. The lowest BCUT2D eigenvalue weighted by Gasteiger charge is -2.24. The van der Waals surface area contributed by atoms with Crippen molar-refractivity contribution in [1.29, 1.82) is 0 Å². The van der Waals surface area contributed by atoms with Gasteiger partial charge in [-0.15, -0.1) is 0 Å². The summed E-state index contributed by atoms with van der Waals surface area (Å²) in [5.74, 6) is 1.15. The average molecular weight is 297 g/mol. The summed E-state index contributed by atoms with van der Waals surface area (Å²) in [5, 5.41) is 27.9. The van der Waals surface area contributed by atoms with E-state index in [0.717, 1.165) is 11.3 Å². The van der Waals surface area contributed by atoms with Gasteiger partial charge in [0.1, 0.15) is 18.5 Å². The van der Waals surface area contributed by atoms with Gasteiger partial charge in [-0.3, -0.25) is 4.90 Å². The predicted molar refractivity (Wildman–Crippen MR) is 82.6 cm³/mol. The second-order valence-electron chi connectivity index (χ2n) is 5.41. The molecule has 0 unspecified atom stereocenters. The Kier molecular flexibility index (Phi) is 8.30. The molecule has 1 aromatic carbocycles. The number of nitrogens with zero attached hydrogens (tertiary/aromatic N) is 1. The molecule has 0 heterocycles. The molecule has 21 heavy (non-hydrogen) atoms. The van der Waals surface area contributed by atoms with Crippen molar-refractivity contribution in [2.75, 3.05) is 39.5 Å². The van der Waals surface area contributed by atoms with E-state index in [-0.39, 0.29) is 19.8 Å². The third-order valence-corrected chi connectivity index (χ3v) is 3.27. The van der Waals surface area contributed by atoms with E-state index in [1.54, 1.807) is 0 Å². The highest BCUT2D eigenvalue weighted by atomic mass is 16.5. The molecule has 0 spiro atoms. The molecule has 0 aliphatic carbocycles. The Balaban J connectivity index is 2.50. The van der Waals surface area contributed by atoms with Crippen molar-refractivity contribution < 1.29 is 20.1 Å². The van der Waals surface area contributed by atoms with Crippen LogP contribution in [-0.2, 0) is 0 Å². The summed E-state index contributed by atoms with van der Waals surface area (Å²) in [5.41, 5.74) is 1.12. The van der Waals surface area contributed by atoms with Gasteiger partial charge in [-0.25, -0.2) is 0 Å². The van der Waals surface area contributed by atoms with Crippen LogP contribution >= 0.6 is 0 Å². The number of aliphatic hydroxyl groups is 3. The van der Waals surface area contributed by atoms with Gasteiger partial charge >= 0.3 is 0 Å². The minimum Gasteiger partial charge on any atom is -0.491 e. The highest BCUT2D eigenvalue weighted by Gasteiger charge is 2.13. The molecule has 0 radical (unpaired) electrons. The fraction of sp³-hybridized carbons (Fsp3) is 0.625. The van der Waals surface area contributed by atoms with E-state index in [1.807, 2.05) is 29.2 Å². The molecule has 0 saturated heterocycles. The van der Waals surface area contributed by atoms with Crippen molar-refractivity contribution in [3.8, 4) is 5.75 Å². The van der Waals surface area contributed by atoms with Gasteiger partial charge in [-0.2, -0.15) is 0 Å². The monoisotopic (exact) mass is 297 g/mol. The Hall–Kier alpha value is -1.14. The van der Waals surface area contributed by atoms with Crippen molar-refractivity contribution in [3.63, 3.8) is 0 Å². The summed E-state index contributed by atoms with van der Waals surface area (Å²) in [6.45, 7) is 5.63. The summed E-state index contributed by atoms with van der Waals surface area (Å²) in [4.78, 5) is 1.81. The maximum atomic E-state index is 10.0. The molecule has 0 aliphatic rings. The molecule has 3 N–H and O–H groups in total. The highest BCUT2D eigenvalue weighted by molar-refractivity contribution is 5.35. The van der Waals surface area contributed by atoms with Gasteiger partial charge in [-0.1, -0.05) is 32.0 Å². The first-order valence-corrected chi connectivity index (χ1v) is 7.42. The number of aliphatic hydroxyl groups excluding tert-OH is 3. The topological polar surface area (TPSA) is 73.2 Å². The second-order valence-corrected chi connectivity index (χ2v) is 5.41. The molecule has 0 fully saturated rings. The molecule has 120 valence electrons. The van der Waals surface area contributed by atoms with Crippen LogP contribution in [0.5, 0.6) is 5.75 Å². The lowest BCUT2D eigenvalue weighted by atomic mass is 10.0. The van der Waals surface area contributed by atoms with E-state index in [9.17, 15) is 5.11 Å². The van der Waals surface area contributed by atoms with Gasteiger partial charge in [0.25, 0.3) is 0 Å². The first kappa shape index (κ1) is 17.9. The normalized spacial score (nSPS) is 12.9. The zero-order chi connectivity index (χ0) is 15.7. The highest BCUT2D eigenvalue weighted by Crippen LogP contribution is 2.25. The standard InChI is InChI=1S/C16H27NO4/c1-13(2)15-5-3-4-6-16(15)21-12-14(20)11-17(7-9-18)8-10-19/h3-6,13-14,18-20H,7-12H2,1-2H3/t14-/m1/s1. The Bertz CT molecular complexity index is 392. The maximum Gasteiger partial charge on any atom is 0.122 e. The number of para-hydroxylation sites is 1. The number of hydrogen-bond donors (Lipinski definition) is 3. The number of rotatable bonds is 10. The van der Waals surface area contributed by atoms with E-state index in [0.29, 0.717) is 25.6 Å². The van der Waals surface area contributed by atoms with E-state index >= 15 is 0 Å². The minimum absolute atomic E-state index is 0.00373. The lowest BCUT2D eigenvalue weighted by molar-refractivity contribution is 0.0549. The Morgan fingerprint density at radius 2 is 1.71 bits per heavy atom. The van der Waals surface area contributed by atoms with Gasteiger partial charge in [0, 0.05) is 19.6 Å². The van der Waals surface area contributed by atoms with Crippen LogP contribution in [0.3, 0.4) is 0 Å². The van der Waals surface area contributed by atoms with Crippen LogP contribution in [0.1, 0.15) is 25.3 Å². The van der Waals surface area contributed by atoms with Crippen LogP contribution in [0, 0.1) is 0 Å². The van der Waals surface area contributed by atoms with E-state index in [2.05, 4.69) is 13.8 Å². The lowest BCUT2D eigenvalue weighted by Crippen LogP contribution is -2.38. The average Bonchev–Trinajstić information content (AvgIpc) is 2.46. The molecule has 1 atom stereocenters. The van der Waals surface area contributed by atoms with Crippen LogP contribution in [0.2, 0.25) is 0 Å². The molecule has 1 rings (SSSR count). The molecule has 1 aromatic rings. The molecule has 5 nitrogen and oxygen atoms in total. The number of ether oxygens (including phenoxy) is 1. The summed E-state index contributed by atoms with van der Waals surface area (Å²) in [7, 11) is 0. The fourth-order valence-corrected chi connectivity index (χ4v) is 2.20. The van der Waals surface area contributed by atoms with E-state index in [4.69, 9.17) is 14.9 Å². The minimum atomic E-state index is -0.664. The molecule has 0 bridgehead atoms. The molecular formula is C16H27NO4. The van der Waals surface area contributed by atoms with Gasteiger partial charge in [0.05, 0.1) is 13.2 Å². The number of benzene rings is 1. The molecule has 0 aromatic heterocycles. The number of hydrogen-bond acceptors (Lipinski definition) is 5. The van der Waals surface area contributed by atoms with E-state index in [1.165, 1.54) is 0 Å². The fourth-order valence-electron chi connectivity index (χ4n) is 2.20. The third kappa shape index (κ3) is 6.44. The van der Waals surface area contributed by atoms with Crippen molar-refractivity contribution in [3.05, 3.63) is 29.8 Å². The van der Waals surface area contributed by atoms with E-state index < -0.39 is 6.10 Å². The largest absolute Gasteiger partial charge is 0.491 e. The summed E-state index contributed by atoms with van der Waals surface area (Å²) in [6.07, 6.45) is -0.664. The van der Waals surface area contributed by atoms with Gasteiger partial charge in [0.15, 0.2) is 0 Å². The first-order valence-electron chi connectivity index (χ1n) is 7.42. The zero-order valence-corrected chi connectivity index (χ0v) is 12.9. The van der Waals surface area contributed by atoms with Crippen molar-refractivity contribution in [2.45, 2.75) is 25.9 Å².